The van der Waals surface area contributed by atoms with Gasteiger partial charge in [-0.3, -0.25) is 9.59 Å². The van der Waals surface area contributed by atoms with Gasteiger partial charge in [-0.25, -0.2) is 8.42 Å². The van der Waals surface area contributed by atoms with E-state index in [9.17, 15) is 23.3 Å². The van der Waals surface area contributed by atoms with Crippen LogP contribution in [-0.4, -0.2) is 44.2 Å². The van der Waals surface area contributed by atoms with Crippen molar-refractivity contribution >= 4 is 27.5 Å². The molecular weight excluding hydrogens is 428 g/mol. The van der Waals surface area contributed by atoms with E-state index in [1.807, 2.05) is 37.3 Å². The highest BCUT2D eigenvalue weighted by Gasteiger charge is 2.33. The Balaban J connectivity index is 1.52. The lowest BCUT2D eigenvalue weighted by Gasteiger charge is -2.30. The number of aryl methyl sites for hydroxylation is 1. The van der Waals surface area contributed by atoms with E-state index < -0.39 is 10.0 Å². The summed E-state index contributed by atoms with van der Waals surface area (Å²) in [5.41, 5.74) is 1.84. The number of amides is 2. The van der Waals surface area contributed by atoms with Crippen molar-refractivity contribution in [1.29, 1.82) is 5.26 Å². The maximum absolute atomic E-state index is 12.9. The van der Waals surface area contributed by atoms with E-state index >= 15 is 0 Å². The Kier molecular flexibility index (Phi) is 7.62. The summed E-state index contributed by atoms with van der Waals surface area (Å²) < 4.78 is 27.1. The second kappa shape index (κ2) is 10.4. The number of hydrogen-bond donors (Lipinski definition) is 2. The van der Waals surface area contributed by atoms with Crippen LogP contribution in [0.5, 0.6) is 0 Å². The van der Waals surface area contributed by atoms with Crippen molar-refractivity contribution in [3.8, 4) is 6.07 Å². The summed E-state index contributed by atoms with van der Waals surface area (Å²) in [5, 5.41) is 14.7. The van der Waals surface area contributed by atoms with Crippen LogP contribution >= 0.6 is 0 Å². The van der Waals surface area contributed by atoms with E-state index in [0.717, 1.165) is 17.7 Å². The summed E-state index contributed by atoms with van der Waals surface area (Å²) in [6, 6.07) is 15.5. The van der Waals surface area contributed by atoms with E-state index in [1.165, 1.54) is 16.4 Å². The van der Waals surface area contributed by atoms with E-state index in [1.54, 1.807) is 12.1 Å². The summed E-state index contributed by atoms with van der Waals surface area (Å²) in [4.78, 5) is 24.7. The highest BCUT2D eigenvalue weighted by molar-refractivity contribution is 7.89. The summed E-state index contributed by atoms with van der Waals surface area (Å²) in [6.45, 7) is 2.20. The molecule has 9 heteroatoms. The number of piperidine rings is 1. The number of para-hydroxylation sites is 1. The number of rotatable bonds is 7. The summed E-state index contributed by atoms with van der Waals surface area (Å²) >= 11 is 0. The largest absolute Gasteiger partial charge is 0.347 e. The predicted molar refractivity (Wildman–Crippen MR) is 120 cm³/mol. The first-order chi connectivity index (χ1) is 15.4. The number of sulfonamides is 1. The number of hydrogen-bond acceptors (Lipinski definition) is 5. The van der Waals surface area contributed by atoms with Crippen LogP contribution in [0, 0.1) is 17.2 Å². The topological polar surface area (TPSA) is 119 Å². The van der Waals surface area contributed by atoms with Crippen molar-refractivity contribution in [3.63, 3.8) is 0 Å². The Hall–Kier alpha value is -3.22. The molecule has 8 nitrogen and oxygen atoms in total. The molecule has 0 saturated carbocycles. The maximum atomic E-state index is 12.9. The molecular formula is C23H26N4O4S. The minimum Gasteiger partial charge on any atom is -0.347 e. The minimum absolute atomic E-state index is 0.0190. The zero-order valence-corrected chi connectivity index (χ0v) is 18.7. The first kappa shape index (κ1) is 23.4. The highest BCUT2D eigenvalue weighted by atomic mass is 32.2. The van der Waals surface area contributed by atoms with E-state index in [-0.39, 0.29) is 47.8 Å². The number of nitrogens with zero attached hydrogens (tertiary/aromatic N) is 2. The molecule has 2 N–H and O–H groups in total. The van der Waals surface area contributed by atoms with Crippen molar-refractivity contribution < 1.29 is 18.0 Å². The van der Waals surface area contributed by atoms with Gasteiger partial charge in [-0.2, -0.15) is 9.57 Å². The number of anilines is 1. The van der Waals surface area contributed by atoms with Gasteiger partial charge in [-0.1, -0.05) is 37.3 Å². The van der Waals surface area contributed by atoms with Crippen molar-refractivity contribution in [2.24, 2.45) is 5.92 Å². The molecule has 0 radical (unpaired) electrons. The van der Waals surface area contributed by atoms with Gasteiger partial charge < -0.3 is 10.6 Å². The molecule has 1 saturated heterocycles. The molecule has 2 amide bonds. The molecule has 1 heterocycles. The Morgan fingerprint density at radius 3 is 2.44 bits per heavy atom. The van der Waals surface area contributed by atoms with Crippen LogP contribution in [0.1, 0.15) is 30.9 Å². The molecule has 3 rings (SSSR count). The molecule has 2 aromatic rings. The summed E-state index contributed by atoms with van der Waals surface area (Å²) in [5.74, 6) is -0.950. The number of nitrogens with one attached hydrogen (secondary N) is 2. The zero-order chi connectivity index (χ0) is 23.1. The fraction of sp³-hybridized carbons (Fsp3) is 0.348. The van der Waals surface area contributed by atoms with Gasteiger partial charge in [0.2, 0.25) is 21.8 Å². The monoisotopic (exact) mass is 454 g/mol. The van der Waals surface area contributed by atoms with Crippen LogP contribution in [0.25, 0.3) is 0 Å². The third-order valence-corrected chi connectivity index (χ3v) is 7.50. The molecule has 0 spiro atoms. The third-order valence-electron chi connectivity index (χ3n) is 5.55. The number of carbonyl (C=O) groups excluding carboxylic acids is 2. The van der Waals surface area contributed by atoms with Gasteiger partial charge in [0.25, 0.3) is 0 Å². The number of nitriles is 1. The quantitative estimate of drug-likeness (QED) is 0.665. The highest BCUT2D eigenvalue weighted by Crippen LogP contribution is 2.25. The van der Waals surface area contributed by atoms with Crippen LogP contribution < -0.4 is 10.6 Å². The average molecular weight is 455 g/mol. The Morgan fingerprint density at radius 1 is 1.09 bits per heavy atom. The molecule has 0 aliphatic carbocycles. The second-order valence-electron chi connectivity index (χ2n) is 7.56. The van der Waals surface area contributed by atoms with E-state index in [2.05, 4.69) is 10.6 Å². The van der Waals surface area contributed by atoms with Gasteiger partial charge >= 0.3 is 0 Å². The van der Waals surface area contributed by atoms with Crippen molar-refractivity contribution in [2.45, 2.75) is 31.1 Å². The lowest BCUT2D eigenvalue weighted by atomic mass is 9.97. The third kappa shape index (κ3) is 5.33. The number of benzene rings is 2. The molecule has 168 valence electrons. The van der Waals surface area contributed by atoms with Crippen molar-refractivity contribution in [2.75, 3.05) is 25.0 Å². The minimum atomic E-state index is -3.81. The molecule has 2 aromatic carbocycles. The molecule has 0 bridgehead atoms. The molecule has 1 fully saturated rings. The normalized spacial score (nSPS) is 15.0. The lowest BCUT2D eigenvalue weighted by Crippen LogP contribution is -2.44. The van der Waals surface area contributed by atoms with Crippen LogP contribution in [0.2, 0.25) is 0 Å². The van der Waals surface area contributed by atoms with E-state index in [0.29, 0.717) is 12.8 Å². The van der Waals surface area contributed by atoms with Crippen LogP contribution in [0.15, 0.2) is 53.4 Å². The fourth-order valence-electron chi connectivity index (χ4n) is 3.74. The van der Waals surface area contributed by atoms with Gasteiger partial charge in [0, 0.05) is 24.7 Å². The molecule has 1 aliphatic rings. The standard InChI is InChI=1S/C23H26N4O4S/c1-2-17-7-3-5-9-20(17)26-22(28)16-25-23(29)18-11-13-27(14-12-18)32(30,31)21-10-6-4-8-19(21)15-24/h3-10,18H,2,11-14,16H2,1H3,(H,25,29)(H,26,28). The van der Waals surface area contributed by atoms with E-state index in [4.69, 9.17) is 0 Å². The SMILES string of the molecule is CCc1ccccc1NC(=O)CNC(=O)C1CCN(S(=O)(=O)c2ccccc2C#N)CC1. The maximum Gasteiger partial charge on any atom is 0.244 e. The molecule has 32 heavy (non-hydrogen) atoms. The van der Waals surface area contributed by atoms with Crippen molar-refractivity contribution in [3.05, 3.63) is 59.7 Å². The zero-order valence-electron chi connectivity index (χ0n) is 17.9. The average Bonchev–Trinajstić information content (AvgIpc) is 2.82. The van der Waals surface area contributed by atoms with Crippen LogP contribution in [-0.2, 0) is 26.0 Å². The Labute approximate surface area is 188 Å². The van der Waals surface area contributed by atoms with Crippen molar-refractivity contribution in [1.82, 2.24) is 9.62 Å². The first-order valence-electron chi connectivity index (χ1n) is 10.5. The lowest BCUT2D eigenvalue weighted by molar-refractivity contribution is -0.128. The molecule has 0 unspecified atom stereocenters. The first-order valence-corrected chi connectivity index (χ1v) is 12.0. The van der Waals surface area contributed by atoms with Gasteiger partial charge in [-0.05, 0) is 43.0 Å². The van der Waals surface area contributed by atoms with Gasteiger partial charge in [0.1, 0.15) is 6.07 Å². The second-order valence-corrected chi connectivity index (χ2v) is 9.47. The molecule has 1 aliphatic heterocycles. The van der Waals surface area contributed by atoms with Gasteiger partial charge in [-0.15, -0.1) is 0 Å². The Morgan fingerprint density at radius 2 is 1.75 bits per heavy atom. The summed E-state index contributed by atoms with van der Waals surface area (Å²) in [6.07, 6.45) is 1.48. The summed E-state index contributed by atoms with van der Waals surface area (Å²) in [7, 11) is -3.81. The van der Waals surface area contributed by atoms with Crippen LogP contribution in [0.3, 0.4) is 0 Å². The van der Waals surface area contributed by atoms with Gasteiger partial charge in [0.05, 0.1) is 17.0 Å². The molecule has 0 atom stereocenters. The smallest absolute Gasteiger partial charge is 0.244 e. The van der Waals surface area contributed by atoms with Gasteiger partial charge in [0.15, 0.2) is 0 Å². The fourth-order valence-corrected chi connectivity index (χ4v) is 5.35. The molecule has 0 aromatic heterocycles. The predicted octanol–water partition coefficient (Wildman–Crippen LogP) is 2.28. The Bertz CT molecular complexity index is 1130. The number of carbonyl (C=O) groups is 2. The van der Waals surface area contributed by atoms with Crippen LogP contribution in [0.4, 0.5) is 5.69 Å².